The molecule has 0 saturated carbocycles. The van der Waals surface area contributed by atoms with E-state index in [1.807, 2.05) is 6.92 Å². The lowest BCUT2D eigenvalue weighted by atomic mass is 9.83. The highest BCUT2D eigenvalue weighted by molar-refractivity contribution is 5.46. The molecule has 2 atom stereocenters. The second kappa shape index (κ2) is 3.22. The number of hydrogen-bond donors (Lipinski definition) is 1. The van der Waals surface area contributed by atoms with Gasteiger partial charge >= 0.3 is 0 Å². The zero-order valence-electron chi connectivity index (χ0n) is 7.09. The summed E-state index contributed by atoms with van der Waals surface area (Å²) in [5.74, 6) is 0. The number of carbonyl (C=O) groups is 1. The predicted molar refractivity (Wildman–Crippen MR) is 42.2 cm³/mol. The molecule has 1 fully saturated rings. The Bertz CT molecular complexity index is 141. The second-order valence-corrected chi connectivity index (χ2v) is 3.46. The van der Waals surface area contributed by atoms with Gasteiger partial charge in [0, 0.05) is 18.1 Å². The fourth-order valence-electron chi connectivity index (χ4n) is 1.33. The standard InChI is InChI=1S/C8H15NO2/c1-7(9-6-10)8(2)3-4-11-5-8/h6-7H,3-5H2,1-2H3,(H,9,10). The average Bonchev–Trinajstić information content (AvgIpc) is 2.38. The van der Waals surface area contributed by atoms with Crippen molar-refractivity contribution in [1.82, 2.24) is 5.32 Å². The van der Waals surface area contributed by atoms with Gasteiger partial charge in [-0.05, 0) is 13.3 Å². The molecule has 0 aliphatic carbocycles. The summed E-state index contributed by atoms with van der Waals surface area (Å²) in [5.41, 5.74) is 0.140. The summed E-state index contributed by atoms with van der Waals surface area (Å²) >= 11 is 0. The van der Waals surface area contributed by atoms with Crippen molar-refractivity contribution in [1.29, 1.82) is 0 Å². The zero-order valence-corrected chi connectivity index (χ0v) is 7.09. The Hall–Kier alpha value is -0.570. The highest BCUT2D eigenvalue weighted by Crippen LogP contribution is 2.31. The molecule has 11 heavy (non-hydrogen) atoms. The molecular weight excluding hydrogens is 142 g/mol. The topological polar surface area (TPSA) is 38.3 Å². The van der Waals surface area contributed by atoms with E-state index in [1.165, 1.54) is 0 Å². The Morgan fingerprint density at radius 3 is 2.91 bits per heavy atom. The van der Waals surface area contributed by atoms with Gasteiger partial charge in [0.25, 0.3) is 0 Å². The molecule has 1 saturated heterocycles. The van der Waals surface area contributed by atoms with Crippen LogP contribution in [0.4, 0.5) is 0 Å². The van der Waals surface area contributed by atoms with Crippen molar-refractivity contribution in [3.63, 3.8) is 0 Å². The Labute approximate surface area is 67.1 Å². The lowest BCUT2D eigenvalue weighted by Gasteiger charge is -2.28. The van der Waals surface area contributed by atoms with Crippen LogP contribution < -0.4 is 5.32 Å². The molecule has 1 aliphatic heterocycles. The number of nitrogens with one attached hydrogen (secondary N) is 1. The minimum absolute atomic E-state index is 0.140. The minimum Gasteiger partial charge on any atom is -0.381 e. The van der Waals surface area contributed by atoms with Gasteiger partial charge in [-0.25, -0.2) is 0 Å². The summed E-state index contributed by atoms with van der Waals surface area (Å²) in [6.07, 6.45) is 1.79. The van der Waals surface area contributed by atoms with Gasteiger partial charge in [-0.1, -0.05) is 6.92 Å². The number of ether oxygens (including phenoxy) is 1. The van der Waals surface area contributed by atoms with Crippen molar-refractivity contribution in [2.24, 2.45) is 5.41 Å². The van der Waals surface area contributed by atoms with E-state index in [0.29, 0.717) is 0 Å². The van der Waals surface area contributed by atoms with Crippen LogP contribution in [0.1, 0.15) is 20.3 Å². The minimum atomic E-state index is 0.140. The van der Waals surface area contributed by atoms with Crippen molar-refractivity contribution < 1.29 is 9.53 Å². The van der Waals surface area contributed by atoms with Crippen LogP contribution in [-0.2, 0) is 9.53 Å². The van der Waals surface area contributed by atoms with E-state index < -0.39 is 0 Å². The highest BCUT2D eigenvalue weighted by atomic mass is 16.5. The van der Waals surface area contributed by atoms with Gasteiger partial charge in [-0.2, -0.15) is 0 Å². The second-order valence-electron chi connectivity index (χ2n) is 3.46. The van der Waals surface area contributed by atoms with E-state index >= 15 is 0 Å². The lowest BCUT2D eigenvalue weighted by Crippen LogP contribution is -2.41. The first-order valence-electron chi connectivity index (χ1n) is 3.96. The fourth-order valence-corrected chi connectivity index (χ4v) is 1.33. The predicted octanol–water partition coefficient (Wildman–Crippen LogP) is 0.548. The molecule has 1 N–H and O–H groups in total. The Morgan fingerprint density at radius 2 is 2.45 bits per heavy atom. The zero-order chi connectivity index (χ0) is 8.32. The molecule has 1 aliphatic rings. The molecule has 64 valence electrons. The van der Waals surface area contributed by atoms with E-state index in [-0.39, 0.29) is 11.5 Å². The summed E-state index contributed by atoms with van der Waals surface area (Å²) in [5, 5.41) is 2.77. The maximum Gasteiger partial charge on any atom is 0.207 e. The summed E-state index contributed by atoms with van der Waals surface area (Å²) in [6, 6.07) is 0.211. The number of rotatable bonds is 3. The largest absolute Gasteiger partial charge is 0.381 e. The first-order chi connectivity index (χ1) is 5.19. The van der Waals surface area contributed by atoms with Crippen LogP contribution in [0, 0.1) is 5.41 Å². The van der Waals surface area contributed by atoms with E-state index in [1.54, 1.807) is 0 Å². The number of carbonyl (C=O) groups excluding carboxylic acids is 1. The van der Waals surface area contributed by atoms with Crippen LogP contribution in [0.2, 0.25) is 0 Å². The Kier molecular flexibility index (Phi) is 2.49. The monoisotopic (exact) mass is 157 g/mol. The normalized spacial score (nSPS) is 33.3. The molecule has 0 aromatic rings. The quantitative estimate of drug-likeness (QED) is 0.607. The SMILES string of the molecule is CC(NC=O)C1(C)CCOC1. The summed E-state index contributed by atoms with van der Waals surface area (Å²) in [4.78, 5) is 10.2. The molecule has 0 bridgehead atoms. The van der Waals surface area contributed by atoms with Gasteiger partial charge in [0.2, 0.25) is 6.41 Å². The van der Waals surface area contributed by atoms with E-state index in [4.69, 9.17) is 4.74 Å². The van der Waals surface area contributed by atoms with Crippen molar-refractivity contribution in [3.05, 3.63) is 0 Å². The fraction of sp³-hybridized carbons (Fsp3) is 0.875. The molecule has 0 spiro atoms. The molecule has 0 radical (unpaired) electrons. The van der Waals surface area contributed by atoms with Crippen LogP contribution in [-0.4, -0.2) is 25.7 Å². The van der Waals surface area contributed by atoms with Gasteiger partial charge in [-0.3, -0.25) is 4.79 Å². The third kappa shape index (κ3) is 1.71. The molecule has 1 amide bonds. The first kappa shape index (κ1) is 8.53. The van der Waals surface area contributed by atoms with Gasteiger partial charge in [0.05, 0.1) is 6.61 Å². The molecule has 2 unspecified atom stereocenters. The van der Waals surface area contributed by atoms with Gasteiger partial charge in [-0.15, -0.1) is 0 Å². The molecule has 0 aromatic carbocycles. The van der Waals surface area contributed by atoms with E-state index in [0.717, 1.165) is 26.0 Å². The molecular formula is C8H15NO2. The first-order valence-corrected chi connectivity index (χ1v) is 3.96. The third-order valence-electron chi connectivity index (χ3n) is 2.61. The van der Waals surface area contributed by atoms with Gasteiger partial charge in [0.15, 0.2) is 0 Å². The summed E-state index contributed by atoms with van der Waals surface area (Å²) in [6.45, 7) is 5.74. The van der Waals surface area contributed by atoms with Crippen LogP contribution in [0.5, 0.6) is 0 Å². The molecule has 0 aromatic heterocycles. The number of hydrogen-bond acceptors (Lipinski definition) is 2. The average molecular weight is 157 g/mol. The molecule has 1 heterocycles. The van der Waals surface area contributed by atoms with Crippen molar-refractivity contribution in [2.45, 2.75) is 26.3 Å². The van der Waals surface area contributed by atoms with Crippen molar-refractivity contribution in [3.8, 4) is 0 Å². The summed E-state index contributed by atoms with van der Waals surface area (Å²) < 4.78 is 5.27. The smallest absolute Gasteiger partial charge is 0.207 e. The van der Waals surface area contributed by atoms with Crippen LogP contribution >= 0.6 is 0 Å². The van der Waals surface area contributed by atoms with Gasteiger partial charge in [0.1, 0.15) is 0 Å². The van der Waals surface area contributed by atoms with Gasteiger partial charge < -0.3 is 10.1 Å². The van der Waals surface area contributed by atoms with Crippen LogP contribution in [0.25, 0.3) is 0 Å². The van der Waals surface area contributed by atoms with Crippen LogP contribution in [0.15, 0.2) is 0 Å². The Balaban J connectivity index is 2.48. The maximum absolute atomic E-state index is 10.2. The third-order valence-corrected chi connectivity index (χ3v) is 2.61. The Morgan fingerprint density at radius 1 is 1.73 bits per heavy atom. The van der Waals surface area contributed by atoms with E-state index in [9.17, 15) is 4.79 Å². The van der Waals surface area contributed by atoms with E-state index in [2.05, 4.69) is 12.2 Å². The van der Waals surface area contributed by atoms with Crippen molar-refractivity contribution in [2.75, 3.05) is 13.2 Å². The van der Waals surface area contributed by atoms with Crippen LogP contribution in [0.3, 0.4) is 0 Å². The lowest BCUT2D eigenvalue weighted by molar-refractivity contribution is -0.110. The van der Waals surface area contributed by atoms with Crippen molar-refractivity contribution >= 4 is 6.41 Å². The molecule has 3 nitrogen and oxygen atoms in total. The highest BCUT2D eigenvalue weighted by Gasteiger charge is 2.35. The maximum atomic E-state index is 10.2. The number of amides is 1. The molecule has 3 heteroatoms. The summed E-state index contributed by atoms with van der Waals surface area (Å²) in [7, 11) is 0. The molecule has 1 rings (SSSR count).